The minimum atomic E-state index is 0.370. The molecule has 0 unspecified atom stereocenters. The van der Waals surface area contributed by atoms with Gasteiger partial charge in [0.15, 0.2) is 0 Å². The number of fused-ring (bicyclic) bond motifs is 2. The maximum Gasteiger partial charge on any atom is 0.223 e. The highest BCUT2D eigenvalue weighted by molar-refractivity contribution is 5.80. The Morgan fingerprint density at radius 2 is 1.92 bits per heavy atom. The zero-order valence-corrected chi connectivity index (χ0v) is 7.96. The van der Waals surface area contributed by atoms with Gasteiger partial charge in [-0.1, -0.05) is 6.42 Å². The van der Waals surface area contributed by atoms with E-state index in [0.717, 1.165) is 11.8 Å². The fraction of sp³-hybridized carbons (Fsp3) is 0.909. The van der Waals surface area contributed by atoms with Gasteiger partial charge in [-0.2, -0.15) is 0 Å². The van der Waals surface area contributed by atoms with Crippen molar-refractivity contribution >= 4 is 5.91 Å². The highest BCUT2D eigenvalue weighted by Crippen LogP contribution is 2.48. The number of hydrogen-bond acceptors (Lipinski definition) is 1. The van der Waals surface area contributed by atoms with E-state index in [1.54, 1.807) is 0 Å². The van der Waals surface area contributed by atoms with Crippen LogP contribution >= 0.6 is 0 Å². The van der Waals surface area contributed by atoms with Crippen LogP contribution in [0.25, 0.3) is 0 Å². The van der Waals surface area contributed by atoms with E-state index in [1.165, 1.54) is 38.5 Å². The first-order valence-electron chi connectivity index (χ1n) is 5.63. The molecule has 0 spiro atoms. The first kappa shape index (κ1) is 7.84. The minimum Gasteiger partial charge on any atom is -0.353 e. The van der Waals surface area contributed by atoms with E-state index in [9.17, 15) is 4.79 Å². The molecular formula is C11H17NO. The molecule has 72 valence electrons. The predicted molar refractivity (Wildman–Crippen MR) is 50.1 cm³/mol. The van der Waals surface area contributed by atoms with Crippen LogP contribution in [0.1, 0.15) is 38.5 Å². The number of rotatable bonds is 2. The van der Waals surface area contributed by atoms with Gasteiger partial charge in [0.1, 0.15) is 0 Å². The lowest BCUT2D eigenvalue weighted by molar-refractivity contribution is -0.126. The Morgan fingerprint density at radius 1 is 1.08 bits per heavy atom. The maximum absolute atomic E-state index is 11.8. The van der Waals surface area contributed by atoms with Crippen molar-refractivity contribution < 1.29 is 4.79 Å². The van der Waals surface area contributed by atoms with E-state index in [0.29, 0.717) is 17.9 Å². The van der Waals surface area contributed by atoms with Crippen LogP contribution in [0, 0.1) is 17.8 Å². The summed E-state index contributed by atoms with van der Waals surface area (Å²) in [7, 11) is 0. The standard InChI is InChI=1S/C11H17NO/c13-11(12-9-3-4-9)10-6-7-1-2-8(10)5-7/h7-10H,1-6H2,(H,12,13)/t7-,8-,10+/m1/s1. The summed E-state index contributed by atoms with van der Waals surface area (Å²) in [6.07, 6.45) is 7.65. The van der Waals surface area contributed by atoms with Crippen LogP contribution in [0.5, 0.6) is 0 Å². The fourth-order valence-corrected chi connectivity index (χ4v) is 3.10. The second-order valence-electron chi connectivity index (χ2n) is 5.06. The van der Waals surface area contributed by atoms with Crippen LogP contribution in [0.4, 0.5) is 0 Å². The van der Waals surface area contributed by atoms with Crippen molar-refractivity contribution in [2.75, 3.05) is 0 Å². The molecule has 3 saturated carbocycles. The minimum absolute atomic E-state index is 0.370. The van der Waals surface area contributed by atoms with Gasteiger partial charge in [0.2, 0.25) is 5.91 Å². The van der Waals surface area contributed by atoms with Crippen LogP contribution in [-0.2, 0) is 4.79 Å². The van der Waals surface area contributed by atoms with Gasteiger partial charge in [0.05, 0.1) is 0 Å². The number of nitrogens with one attached hydrogen (secondary N) is 1. The molecule has 3 fully saturated rings. The van der Waals surface area contributed by atoms with Crippen molar-refractivity contribution in [1.29, 1.82) is 0 Å². The lowest BCUT2D eigenvalue weighted by Crippen LogP contribution is -2.34. The third-order valence-corrected chi connectivity index (χ3v) is 4.00. The van der Waals surface area contributed by atoms with Crippen molar-refractivity contribution in [3.05, 3.63) is 0 Å². The van der Waals surface area contributed by atoms with Gasteiger partial charge in [-0.3, -0.25) is 4.79 Å². The van der Waals surface area contributed by atoms with E-state index in [4.69, 9.17) is 0 Å². The number of amides is 1. The topological polar surface area (TPSA) is 29.1 Å². The molecule has 1 N–H and O–H groups in total. The highest BCUT2D eigenvalue weighted by Gasteiger charge is 2.43. The SMILES string of the molecule is O=C(NC1CC1)[C@H]1C[C@@H]2CC[C@@H]1C2. The number of carbonyl (C=O) groups is 1. The normalized spacial score (nSPS) is 42.3. The van der Waals surface area contributed by atoms with Crippen LogP contribution < -0.4 is 5.32 Å². The summed E-state index contributed by atoms with van der Waals surface area (Å²) in [4.78, 5) is 11.8. The molecule has 3 aliphatic rings. The molecular weight excluding hydrogens is 162 g/mol. The molecule has 2 nitrogen and oxygen atoms in total. The summed E-state index contributed by atoms with van der Waals surface area (Å²) < 4.78 is 0. The van der Waals surface area contributed by atoms with Gasteiger partial charge >= 0.3 is 0 Å². The van der Waals surface area contributed by atoms with Gasteiger partial charge < -0.3 is 5.32 Å². The molecule has 3 atom stereocenters. The molecule has 2 bridgehead atoms. The molecule has 0 saturated heterocycles. The highest BCUT2D eigenvalue weighted by atomic mass is 16.2. The van der Waals surface area contributed by atoms with E-state index >= 15 is 0 Å². The van der Waals surface area contributed by atoms with Crippen molar-refractivity contribution in [2.45, 2.75) is 44.6 Å². The van der Waals surface area contributed by atoms with Gasteiger partial charge in [0.25, 0.3) is 0 Å². The molecule has 0 heterocycles. The van der Waals surface area contributed by atoms with Crippen LogP contribution in [0.15, 0.2) is 0 Å². The van der Waals surface area contributed by atoms with E-state index in [1.807, 2.05) is 0 Å². The zero-order valence-electron chi connectivity index (χ0n) is 7.96. The molecule has 3 aliphatic carbocycles. The summed E-state index contributed by atoms with van der Waals surface area (Å²) >= 11 is 0. The Kier molecular flexibility index (Phi) is 1.64. The molecule has 0 aromatic heterocycles. The summed E-state index contributed by atoms with van der Waals surface area (Å²) in [6.45, 7) is 0. The molecule has 0 radical (unpaired) electrons. The van der Waals surface area contributed by atoms with Gasteiger partial charge in [0, 0.05) is 12.0 Å². The van der Waals surface area contributed by atoms with Crippen molar-refractivity contribution in [2.24, 2.45) is 17.8 Å². The third kappa shape index (κ3) is 1.36. The Balaban J connectivity index is 1.61. The van der Waals surface area contributed by atoms with Crippen LogP contribution in [0.3, 0.4) is 0 Å². The van der Waals surface area contributed by atoms with Crippen LogP contribution in [-0.4, -0.2) is 11.9 Å². The summed E-state index contributed by atoms with van der Waals surface area (Å²) in [5.41, 5.74) is 0. The average molecular weight is 179 g/mol. The first-order valence-corrected chi connectivity index (χ1v) is 5.63. The number of hydrogen-bond donors (Lipinski definition) is 1. The first-order chi connectivity index (χ1) is 6.33. The van der Waals surface area contributed by atoms with Gasteiger partial charge in [-0.05, 0) is 43.9 Å². The molecule has 13 heavy (non-hydrogen) atoms. The molecule has 3 rings (SSSR count). The summed E-state index contributed by atoms with van der Waals surface area (Å²) in [5, 5.41) is 3.14. The zero-order chi connectivity index (χ0) is 8.84. The average Bonchev–Trinajstić information content (AvgIpc) is 2.71. The Hall–Kier alpha value is -0.530. The van der Waals surface area contributed by atoms with Crippen molar-refractivity contribution in [3.63, 3.8) is 0 Å². The predicted octanol–water partition coefficient (Wildman–Crippen LogP) is 1.70. The van der Waals surface area contributed by atoms with Crippen molar-refractivity contribution in [1.82, 2.24) is 5.32 Å². The monoisotopic (exact) mass is 179 g/mol. The third-order valence-electron chi connectivity index (χ3n) is 4.00. The Labute approximate surface area is 79.1 Å². The van der Waals surface area contributed by atoms with E-state index < -0.39 is 0 Å². The van der Waals surface area contributed by atoms with E-state index in [-0.39, 0.29) is 0 Å². The lowest BCUT2D eigenvalue weighted by atomic mass is 9.88. The maximum atomic E-state index is 11.8. The van der Waals surface area contributed by atoms with Gasteiger partial charge in [-0.15, -0.1) is 0 Å². The second-order valence-corrected chi connectivity index (χ2v) is 5.06. The molecule has 0 aromatic carbocycles. The van der Waals surface area contributed by atoms with Gasteiger partial charge in [-0.25, -0.2) is 0 Å². The van der Waals surface area contributed by atoms with E-state index in [2.05, 4.69) is 5.32 Å². The Morgan fingerprint density at radius 3 is 2.46 bits per heavy atom. The fourth-order valence-electron chi connectivity index (χ4n) is 3.10. The summed E-state index contributed by atoms with van der Waals surface area (Å²) in [6, 6.07) is 0.548. The van der Waals surface area contributed by atoms with Crippen molar-refractivity contribution in [3.8, 4) is 0 Å². The number of carbonyl (C=O) groups excluding carboxylic acids is 1. The smallest absolute Gasteiger partial charge is 0.223 e. The molecule has 0 aromatic rings. The Bertz CT molecular complexity index is 234. The second kappa shape index (κ2) is 2.73. The molecule has 0 aliphatic heterocycles. The quantitative estimate of drug-likeness (QED) is 0.687. The molecule has 1 amide bonds. The lowest BCUT2D eigenvalue weighted by Gasteiger charge is -2.20. The largest absolute Gasteiger partial charge is 0.353 e. The summed E-state index contributed by atoms with van der Waals surface area (Å²) in [5.74, 6) is 2.39. The van der Waals surface area contributed by atoms with Crippen LogP contribution in [0.2, 0.25) is 0 Å². The molecule has 2 heteroatoms.